The summed E-state index contributed by atoms with van der Waals surface area (Å²) in [6.45, 7) is 2.34. The molecule has 0 saturated heterocycles. The van der Waals surface area contributed by atoms with Crippen molar-refractivity contribution in [3.63, 3.8) is 0 Å². The topological polar surface area (TPSA) is 92.7 Å². The summed E-state index contributed by atoms with van der Waals surface area (Å²) in [4.78, 5) is 9.91. The number of hydrogen-bond acceptors (Lipinski definition) is 4. The lowest BCUT2D eigenvalue weighted by atomic mass is 10.4. The van der Waals surface area contributed by atoms with Crippen LogP contribution in [-0.4, -0.2) is 32.1 Å². The van der Waals surface area contributed by atoms with E-state index in [2.05, 4.69) is 8.91 Å². The Morgan fingerprint density at radius 1 is 1.58 bits per heavy atom. The van der Waals surface area contributed by atoms with Gasteiger partial charge in [0.25, 0.3) is 0 Å². The Labute approximate surface area is 70.8 Å². The van der Waals surface area contributed by atoms with Gasteiger partial charge in [0.1, 0.15) is 0 Å². The van der Waals surface area contributed by atoms with E-state index in [0.29, 0.717) is 0 Å². The van der Waals surface area contributed by atoms with Gasteiger partial charge in [-0.2, -0.15) is 13.1 Å². The molecule has 0 aromatic heterocycles. The molecule has 0 aromatic rings. The van der Waals surface area contributed by atoms with Crippen LogP contribution in [0.25, 0.3) is 0 Å². The van der Waals surface area contributed by atoms with Crippen LogP contribution in [0.15, 0.2) is 0 Å². The normalized spacial score (nSPS) is 11.9. The van der Waals surface area contributed by atoms with Crippen LogP contribution in [0.1, 0.15) is 13.8 Å². The molecule has 0 aromatic carbocycles. The van der Waals surface area contributed by atoms with Crippen LogP contribution in [0, 0.1) is 0 Å². The molecular formula is C5H11NO5S. The second kappa shape index (κ2) is 4.39. The van der Waals surface area contributed by atoms with Gasteiger partial charge in [-0.3, -0.25) is 0 Å². The minimum absolute atomic E-state index is 0.316. The minimum atomic E-state index is -3.91. The predicted molar refractivity (Wildman–Crippen MR) is 40.8 cm³/mol. The highest BCUT2D eigenvalue weighted by Crippen LogP contribution is 1.90. The van der Waals surface area contributed by atoms with Gasteiger partial charge in [-0.25, -0.2) is 8.98 Å². The number of carbonyl (C=O) groups is 1. The van der Waals surface area contributed by atoms with E-state index in [1.54, 1.807) is 13.8 Å². The van der Waals surface area contributed by atoms with Gasteiger partial charge in [-0.1, -0.05) is 0 Å². The highest BCUT2D eigenvalue weighted by Gasteiger charge is 2.13. The Balaban J connectivity index is 3.98. The maximum atomic E-state index is 10.7. The van der Waals surface area contributed by atoms with Crippen LogP contribution >= 0.6 is 0 Å². The van der Waals surface area contributed by atoms with Gasteiger partial charge in [0.05, 0.1) is 0 Å². The zero-order chi connectivity index (χ0) is 9.78. The molecule has 12 heavy (non-hydrogen) atoms. The zero-order valence-corrected chi connectivity index (χ0v) is 7.59. The van der Waals surface area contributed by atoms with Gasteiger partial charge in [0, 0.05) is 6.04 Å². The highest BCUT2D eigenvalue weighted by molar-refractivity contribution is 7.84. The summed E-state index contributed by atoms with van der Waals surface area (Å²) in [5, 5.41) is 8.09. The first kappa shape index (κ1) is 11.3. The third kappa shape index (κ3) is 6.08. The second-order valence-electron chi connectivity index (χ2n) is 2.38. The van der Waals surface area contributed by atoms with Gasteiger partial charge >= 0.3 is 16.3 Å². The fourth-order valence-electron chi connectivity index (χ4n) is 0.451. The van der Waals surface area contributed by atoms with Crippen molar-refractivity contribution in [2.24, 2.45) is 0 Å². The fourth-order valence-corrected chi connectivity index (χ4v) is 1.35. The predicted octanol–water partition coefficient (Wildman–Crippen LogP) is -0.670. The van der Waals surface area contributed by atoms with Crippen LogP contribution < -0.4 is 4.72 Å². The Kier molecular flexibility index (Phi) is 4.15. The lowest BCUT2D eigenvalue weighted by molar-refractivity contribution is -0.139. The monoisotopic (exact) mass is 197 g/mol. The molecule has 72 valence electrons. The molecule has 0 fully saturated rings. The van der Waals surface area contributed by atoms with Crippen LogP contribution in [0.2, 0.25) is 0 Å². The van der Waals surface area contributed by atoms with E-state index >= 15 is 0 Å². The maximum Gasteiger partial charge on any atom is 0.336 e. The maximum absolute atomic E-state index is 10.7. The third-order valence-corrected chi connectivity index (χ3v) is 1.91. The summed E-state index contributed by atoms with van der Waals surface area (Å²) >= 11 is 0. The first-order chi connectivity index (χ1) is 5.33. The molecular weight excluding hydrogens is 186 g/mol. The minimum Gasteiger partial charge on any atom is -0.479 e. The molecule has 0 amide bonds. The summed E-state index contributed by atoms with van der Waals surface area (Å²) in [5.41, 5.74) is 0. The number of carboxylic acids is 1. The van der Waals surface area contributed by atoms with Gasteiger partial charge < -0.3 is 5.11 Å². The molecule has 0 heterocycles. The Morgan fingerprint density at radius 2 is 2.08 bits per heavy atom. The average Bonchev–Trinajstić information content (AvgIpc) is 1.81. The molecule has 0 saturated carbocycles. The molecule has 7 heteroatoms. The number of rotatable bonds is 5. The van der Waals surface area contributed by atoms with Crippen molar-refractivity contribution in [1.29, 1.82) is 0 Å². The van der Waals surface area contributed by atoms with E-state index in [9.17, 15) is 13.2 Å². The molecule has 0 spiro atoms. The fraction of sp³-hybridized carbons (Fsp3) is 0.800. The molecule has 0 bridgehead atoms. The largest absolute Gasteiger partial charge is 0.479 e. The number of aliphatic carboxylic acids is 1. The zero-order valence-electron chi connectivity index (χ0n) is 6.77. The lowest BCUT2D eigenvalue weighted by Gasteiger charge is -2.07. The van der Waals surface area contributed by atoms with E-state index < -0.39 is 22.9 Å². The Morgan fingerprint density at radius 3 is 2.42 bits per heavy atom. The molecule has 0 radical (unpaired) electrons. The molecule has 0 aliphatic heterocycles. The summed E-state index contributed by atoms with van der Waals surface area (Å²) in [5.74, 6) is -1.33. The first-order valence-corrected chi connectivity index (χ1v) is 4.63. The Bertz CT molecular complexity index is 245. The summed E-state index contributed by atoms with van der Waals surface area (Å²) < 4.78 is 27.6. The van der Waals surface area contributed by atoms with Gasteiger partial charge in [0.2, 0.25) is 0 Å². The molecule has 0 aliphatic carbocycles. The highest BCUT2D eigenvalue weighted by atomic mass is 32.2. The van der Waals surface area contributed by atoms with Crippen molar-refractivity contribution in [2.75, 3.05) is 6.61 Å². The van der Waals surface area contributed by atoms with Crippen molar-refractivity contribution in [3.8, 4) is 0 Å². The summed E-state index contributed by atoms with van der Waals surface area (Å²) in [6.07, 6.45) is 0. The van der Waals surface area contributed by atoms with Crippen LogP contribution in [0.5, 0.6) is 0 Å². The molecule has 6 nitrogen and oxygen atoms in total. The summed E-state index contributed by atoms with van der Waals surface area (Å²) in [6, 6.07) is -0.316. The standard InChI is InChI=1S/C5H11NO5S/c1-4(2)6-12(9,10)11-3-5(7)8/h4,6H,3H2,1-2H3,(H,7,8). The van der Waals surface area contributed by atoms with E-state index in [4.69, 9.17) is 5.11 Å². The van der Waals surface area contributed by atoms with Crippen molar-refractivity contribution >= 4 is 16.3 Å². The molecule has 0 rings (SSSR count). The molecule has 0 unspecified atom stereocenters. The smallest absolute Gasteiger partial charge is 0.336 e. The first-order valence-electron chi connectivity index (χ1n) is 3.22. The lowest BCUT2D eigenvalue weighted by Crippen LogP contribution is -2.33. The summed E-state index contributed by atoms with van der Waals surface area (Å²) in [7, 11) is -3.91. The van der Waals surface area contributed by atoms with Crippen LogP contribution in [0.4, 0.5) is 0 Å². The van der Waals surface area contributed by atoms with Crippen LogP contribution in [-0.2, 0) is 19.3 Å². The van der Waals surface area contributed by atoms with E-state index in [1.807, 2.05) is 0 Å². The average molecular weight is 197 g/mol. The van der Waals surface area contributed by atoms with Gasteiger partial charge in [0.15, 0.2) is 6.61 Å². The number of hydrogen-bond donors (Lipinski definition) is 2. The van der Waals surface area contributed by atoms with Gasteiger partial charge in [-0.05, 0) is 13.8 Å². The van der Waals surface area contributed by atoms with E-state index in [-0.39, 0.29) is 6.04 Å². The molecule has 2 N–H and O–H groups in total. The third-order valence-electron chi connectivity index (χ3n) is 0.718. The van der Waals surface area contributed by atoms with E-state index in [0.717, 1.165) is 0 Å². The SMILES string of the molecule is CC(C)NS(=O)(=O)OCC(=O)O. The van der Waals surface area contributed by atoms with Gasteiger partial charge in [-0.15, -0.1) is 0 Å². The molecule has 0 atom stereocenters. The van der Waals surface area contributed by atoms with Crippen molar-refractivity contribution < 1.29 is 22.5 Å². The van der Waals surface area contributed by atoms with Crippen LogP contribution in [0.3, 0.4) is 0 Å². The number of carboxylic acid groups (broad SMARTS) is 1. The van der Waals surface area contributed by atoms with E-state index in [1.165, 1.54) is 0 Å². The number of nitrogens with one attached hydrogen (secondary N) is 1. The Hall–Kier alpha value is -0.660. The van der Waals surface area contributed by atoms with Crippen molar-refractivity contribution in [2.45, 2.75) is 19.9 Å². The molecule has 0 aliphatic rings. The quantitative estimate of drug-likeness (QED) is 0.609. The second-order valence-corrected chi connectivity index (χ2v) is 3.76. The van der Waals surface area contributed by atoms with Crippen molar-refractivity contribution in [3.05, 3.63) is 0 Å². The van der Waals surface area contributed by atoms with Crippen molar-refractivity contribution in [1.82, 2.24) is 4.72 Å².